The Morgan fingerprint density at radius 3 is 2.00 bits per heavy atom. The molecule has 0 aliphatic heterocycles. The van der Waals surface area contributed by atoms with Crippen LogP contribution in [0, 0.1) is 5.92 Å². The first kappa shape index (κ1) is 12.3. The molecule has 0 spiro atoms. The summed E-state index contributed by atoms with van der Waals surface area (Å²) in [5.41, 5.74) is 5.15. The zero-order valence-corrected chi connectivity index (χ0v) is 7.48. The summed E-state index contributed by atoms with van der Waals surface area (Å²) in [6.45, 7) is 8.26. The van der Waals surface area contributed by atoms with Gasteiger partial charge >= 0.3 is 0 Å². The van der Waals surface area contributed by atoms with Crippen LogP contribution in [0.2, 0.25) is 0 Å². The van der Waals surface area contributed by atoms with Crippen LogP contribution in [-0.4, -0.2) is 12.3 Å². The molecule has 0 saturated heterocycles. The predicted octanol–water partition coefficient (Wildman–Crippen LogP) is 1.83. The van der Waals surface area contributed by atoms with Gasteiger partial charge in [-0.1, -0.05) is 27.7 Å². The molecular weight excluding hydrogens is 126 g/mol. The van der Waals surface area contributed by atoms with Gasteiger partial charge in [0.15, 0.2) is 0 Å². The van der Waals surface area contributed by atoms with Crippen molar-refractivity contribution in [3.8, 4) is 0 Å². The normalized spacial score (nSPS) is 8.60. The zero-order valence-electron chi connectivity index (χ0n) is 7.48. The SMILES string of the molecule is CC.CC(C)C(=O)CCN.[HH]. The Balaban J connectivity index is -0.000000196. The third kappa shape index (κ3) is 7.63. The van der Waals surface area contributed by atoms with Crippen LogP contribution in [0.25, 0.3) is 0 Å². The first-order chi connectivity index (χ1) is 4.68. The smallest absolute Gasteiger partial charge is 0.136 e. The number of nitrogens with two attached hydrogens (primary N) is 1. The fraction of sp³-hybridized carbons (Fsp3) is 0.875. The standard InChI is InChI=1S/C6H13NO.C2H6.H2/c1-5(2)6(8)3-4-7;1-2;/h5H,3-4,7H2,1-2H3;1-2H3;1H. The number of hydrogen-bond acceptors (Lipinski definition) is 2. The summed E-state index contributed by atoms with van der Waals surface area (Å²) in [6.07, 6.45) is 0.525. The van der Waals surface area contributed by atoms with E-state index in [-0.39, 0.29) is 13.1 Å². The Labute approximate surface area is 65.3 Å². The fourth-order valence-corrected chi connectivity index (χ4v) is 0.431. The second-order valence-corrected chi connectivity index (χ2v) is 2.16. The van der Waals surface area contributed by atoms with Gasteiger partial charge in [-0.25, -0.2) is 0 Å². The minimum absolute atomic E-state index is 0. The Hall–Kier alpha value is -0.370. The molecule has 64 valence electrons. The molecule has 0 aliphatic carbocycles. The molecule has 0 aromatic rings. The van der Waals surface area contributed by atoms with Crippen molar-refractivity contribution in [2.75, 3.05) is 6.54 Å². The quantitative estimate of drug-likeness (QED) is 0.661. The van der Waals surface area contributed by atoms with Crippen molar-refractivity contribution in [1.82, 2.24) is 0 Å². The topological polar surface area (TPSA) is 43.1 Å². The summed E-state index contributed by atoms with van der Waals surface area (Å²) >= 11 is 0. The molecule has 0 saturated carbocycles. The monoisotopic (exact) mass is 147 g/mol. The lowest BCUT2D eigenvalue weighted by Crippen LogP contribution is -2.12. The third-order valence-electron chi connectivity index (χ3n) is 1.03. The maximum absolute atomic E-state index is 10.7. The lowest BCUT2D eigenvalue weighted by atomic mass is 10.1. The van der Waals surface area contributed by atoms with Crippen molar-refractivity contribution < 1.29 is 6.22 Å². The number of rotatable bonds is 3. The Bertz CT molecular complexity index is 84.2. The lowest BCUT2D eigenvalue weighted by molar-refractivity contribution is -0.121. The van der Waals surface area contributed by atoms with Crippen molar-refractivity contribution in [1.29, 1.82) is 0 Å². The molecule has 2 N–H and O–H groups in total. The van der Waals surface area contributed by atoms with Crippen molar-refractivity contribution in [3.05, 3.63) is 0 Å². The van der Waals surface area contributed by atoms with Gasteiger partial charge in [0.1, 0.15) is 5.78 Å². The number of carbonyl (C=O) groups is 1. The van der Waals surface area contributed by atoms with Crippen LogP contribution in [-0.2, 0) is 4.79 Å². The molecule has 0 atom stereocenters. The van der Waals surface area contributed by atoms with Gasteiger partial charge in [0.25, 0.3) is 0 Å². The van der Waals surface area contributed by atoms with E-state index in [1.807, 2.05) is 27.7 Å². The van der Waals surface area contributed by atoms with Crippen LogP contribution in [0.5, 0.6) is 0 Å². The molecule has 0 aromatic heterocycles. The Morgan fingerprint density at radius 1 is 1.50 bits per heavy atom. The molecule has 0 bridgehead atoms. The van der Waals surface area contributed by atoms with Crippen molar-refractivity contribution in [2.24, 2.45) is 11.7 Å². The van der Waals surface area contributed by atoms with E-state index in [0.29, 0.717) is 13.0 Å². The van der Waals surface area contributed by atoms with Crippen LogP contribution in [0.15, 0.2) is 0 Å². The van der Waals surface area contributed by atoms with Gasteiger partial charge in [-0.15, -0.1) is 0 Å². The Kier molecular flexibility index (Phi) is 10.6. The van der Waals surface area contributed by atoms with Crippen LogP contribution < -0.4 is 5.73 Å². The van der Waals surface area contributed by atoms with E-state index < -0.39 is 0 Å². The van der Waals surface area contributed by atoms with Crippen molar-refractivity contribution in [3.63, 3.8) is 0 Å². The van der Waals surface area contributed by atoms with E-state index in [1.54, 1.807) is 0 Å². The highest BCUT2D eigenvalue weighted by atomic mass is 16.1. The molecule has 0 aliphatic rings. The second-order valence-electron chi connectivity index (χ2n) is 2.16. The van der Waals surface area contributed by atoms with Gasteiger partial charge in [-0.2, -0.15) is 0 Å². The zero-order chi connectivity index (χ0) is 8.57. The highest BCUT2D eigenvalue weighted by Gasteiger charge is 2.03. The molecule has 10 heavy (non-hydrogen) atoms. The number of hydrogen-bond donors (Lipinski definition) is 1. The van der Waals surface area contributed by atoms with Gasteiger partial charge in [0.05, 0.1) is 0 Å². The van der Waals surface area contributed by atoms with Gasteiger partial charge in [0.2, 0.25) is 0 Å². The molecule has 0 unspecified atom stereocenters. The third-order valence-corrected chi connectivity index (χ3v) is 1.03. The summed E-state index contributed by atoms with van der Waals surface area (Å²) in [5, 5.41) is 0. The van der Waals surface area contributed by atoms with Crippen LogP contribution >= 0.6 is 0 Å². The predicted molar refractivity (Wildman–Crippen MR) is 47.0 cm³/mol. The molecule has 0 aromatic carbocycles. The summed E-state index contributed by atoms with van der Waals surface area (Å²) in [6, 6.07) is 0. The average Bonchev–Trinajstić information content (AvgIpc) is 1.93. The van der Waals surface area contributed by atoms with E-state index >= 15 is 0 Å². The fourth-order valence-electron chi connectivity index (χ4n) is 0.431. The second kappa shape index (κ2) is 8.63. The minimum Gasteiger partial charge on any atom is -0.330 e. The summed E-state index contributed by atoms with van der Waals surface area (Å²) in [4.78, 5) is 10.7. The van der Waals surface area contributed by atoms with Gasteiger partial charge in [-0.05, 0) is 6.54 Å². The molecule has 0 rings (SSSR count). The average molecular weight is 147 g/mol. The molecule has 2 heteroatoms. The van der Waals surface area contributed by atoms with Gasteiger partial charge < -0.3 is 5.73 Å². The summed E-state index contributed by atoms with van der Waals surface area (Å²) in [7, 11) is 0. The van der Waals surface area contributed by atoms with E-state index in [1.165, 1.54) is 0 Å². The summed E-state index contributed by atoms with van der Waals surface area (Å²) in [5.74, 6) is 0.408. The highest BCUT2D eigenvalue weighted by Crippen LogP contribution is 1.95. The van der Waals surface area contributed by atoms with E-state index in [0.717, 1.165) is 0 Å². The van der Waals surface area contributed by atoms with E-state index in [9.17, 15) is 4.79 Å². The molecule has 0 amide bonds. The number of ketones is 1. The maximum atomic E-state index is 10.7. The highest BCUT2D eigenvalue weighted by molar-refractivity contribution is 5.80. The van der Waals surface area contributed by atoms with Gasteiger partial charge in [0, 0.05) is 13.8 Å². The molecular formula is C8H21NO. The van der Waals surface area contributed by atoms with E-state index in [2.05, 4.69) is 0 Å². The van der Waals surface area contributed by atoms with Crippen molar-refractivity contribution in [2.45, 2.75) is 34.1 Å². The largest absolute Gasteiger partial charge is 0.330 e. The number of carbonyl (C=O) groups excluding carboxylic acids is 1. The van der Waals surface area contributed by atoms with Crippen LogP contribution in [0.1, 0.15) is 35.5 Å². The number of Topliss-reactive ketones (excluding diaryl/α,β-unsaturated/α-hetero) is 1. The van der Waals surface area contributed by atoms with E-state index in [4.69, 9.17) is 5.73 Å². The van der Waals surface area contributed by atoms with Crippen molar-refractivity contribution >= 4 is 5.78 Å². The van der Waals surface area contributed by atoms with Crippen LogP contribution in [0.4, 0.5) is 0 Å². The lowest BCUT2D eigenvalue weighted by Gasteiger charge is -1.98. The first-order valence-electron chi connectivity index (χ1n) is 3.91. The summed E-state index contributed by atoms with van der Waals surface area (Å²) < 4.78 is 0. The van der Waals surface area contributed by atoms with Gasteiger partial charge in [-0.3, -0.25) is 4.79 Å². The molecule has 2 nitrogen and oxygen atoms in total. The minimum atomic E-state index is 0. The first-order valence-corrected chi connectivity index (χ1v) is 3.91. The molecule has 0 heterocycles. The molecule has 0 fully saturated rings. The van der Waals surface area contributed by atoms with Crippen LogP contribution in [0.3, 0.4) is 0 Å². The molecule has 0 radical (unpaired) electrons. The Morgan fingerprint density at radius 2 is 1.90 bits per heavy atom. The maximum Gasteiger partial charge on any atom is 0.136 e.